The number of esters is 1. The summed E-state index contributed by atoms with van der Waals surface area (Å²) in [7, 11) is 0. The SMILES string of the molecule is CCN(C(=O)COC(=O)c1sc2cc(Cl)ccc2c1Cl)c1cccc2ccccc12. The van der Waals surface area contributed by atoms with Crippen LogP contribution in [0.5, 0.6) is 0 Å². The summed E-state index contributed by atoms with van der Waals surface area (Å²) in [6.07, 6.45) is 0. The molecule has 4 rings (SSSR count). The minimum absolute atomic E-state index is 0.259. The summed E-state index contributed by atoms with van der Waals surface area (Å²) < 4.78 is 6.10. The van der Waals surface area contributed by atoms with Crippen molar-refractivity contribution in [3.63, 3.8) is 0 Å². The van der Waals surface area contributed by atoms with Crippen molar-refractivity contribution in [2.24, 2.45) is 0 Å². The first-order valence-electron chi connectivity index (χ1n) is 9.32. The van der Waals surface area contributed by atoms with Crippen molar-refractivity contribution < 1.29 is 14.3 Å². The number of hydrogen-bond acceptors (Lipinski definition) is 4. The Hall–Kier alpha value is -2.60. The Kier molecular flexibility index (Phi) is 5.95. The Morgan fingerprint density at radius 2 is 1.77 bits per heavy atom. The van der Waals surface area contributed by atoms with E-state index in [9.17, 15) is 9.59 Å². The molecule has 1 heterocycles. The molecule has 1 aromatic heterocycles. The predicted molar refractivity (Wildman–Crippen MR) is 124 cm³/mol. The van der Waals surface area contributed by atoms with Crippen LogP contribution in [0, 0.1) is 0 Å². The van der Waals surface area contributed by atoms with Gasteiger partial charge in [-0.15, -0.1) is 11.3 Å². The monoisotopic (exact) mass is 457 g/mol. The molecule has 0 spiro atoms. The van der Waals surface area contributed by atoms with Crippen molar-refractivity contribution in [3.8, 4) is 0 Å². The summed E-state index contributed by atoms with van der Waals surface area (Å²) in [5, 5.41) is 3.60. The van der Waals surface area contributed by atoms with Gasteiger partial charge in [0.2, 0.25) is 0 Å². The molecule has 0 atom stereocenters. The molecule has 4 nitrogen and oxygen atoms in total. The summed E-state index contributed by atoms with van der Waals surface area (Å²) in [6, 6.07) is 18.8. The smallest absolute Gasteiger partial charge is 0.350 e. The summed E-state index contributed by atoms with van der Waals surface area (Å²) in [5.74, 6) is -0.929. The van der Waals surface area contributed by atoms with Gasteiger partial charge in [0.15, 0.2) is 6.61 Å². The Morgan fingerprint density at radius 3 is 2.57 bits per heavy atom. The molecule has 0 radical (unpaired) electrons. The predicted octanol–water partition coefficient (Wildman–Crippen LogP) is 6.57. The van der Waals surface area contributed by atoms with Gasteiger partial charge in [-0.3, -0.25) is 4.79 Å². The minimum atomic E-state index is -0.625. The molecule has 0 unspecified atom stereocenters. The fourth-order valence-electron chi connectivity index (χ4n) is 3.37. The van der Waals surface area contributed by atoms with E-state index < -0.39 is 5.97 Å². The van der Waals surface area contributed by atoms with Crippen LogP contribution in [0.4, 0.5) is 5.69 Å². The van der Waals surface area contributed by atoms with E-state index >= 15 is 0 Å². The number of fused-ring (bicyclic) bond motifs is 2. The van der Waals surface area contributed by atoms with Crippen molar-refractivity contribution in [3.05, 3.63) is 75.6 Å². The Balaban J connectivity index is 1.53. The second-order valence-corrected chi connectivity index (χ2v) is 8.46. The van der Waals surface area contributed by atoms with E-state index in [1.165, 1.54) is 11.3 Å². The number of carbonyl (C=O) groups is 2. The molecular formula is C23H17Cl2NO3S. The van der Waals surface area contributed by atoms with Gasteiger partial charge in [-0.1, -0.05) is 65.7 Å². The molecular weight excluding hydrogens is 441 g/mol. The van der Waals surface area contributed by atoms with E-state index in [0.717, 1.165) is 26.5 Å². The lowest BCUT2D eigenvalue weighted by Gasteiger charge is -2.22. The number of anilines is 1. The average Bonchev–Trinajstić information content (AvgIpc) is 3.08. The molecule has 0 bridgehead atoms. The van der Waals surface area contributed by atoms with Crippen molar-refractivity contribution in [1.82, 2.24) is 0 Å². The largest absolute Gasteiger partial charge is 0.451 e. The number of ether oxygens (including phenoxy) is 1. The summed E-state index contributed by atoms with van der Waals surface area (Å²) in [5.41, 5.74) is 0.784. The van der Waals surface area contributed by atoms with Gasteiger partial charge in [0.05, 0.1) is 10.7 Å². The summed E-state index contributed by atoms with van der Waals surface area (Å²) in [6.45, 7) is 1.96. The summed E-state index contributed by atoms with van der Waals surface area (Å²) >= 11 is 13.5. The molecule has 0 saturated heterocycles. The number of rotatable bonds is 5. The molecule has 0 aliphatic carbocycles. The van der Waals surface area contributed by atoms with Gasteiger partial charge in [0.25, 0.3) is 5.91 Å². The quantitative estimate of drug-likeness (QED) is 0.318. The number of carbonyl (C=O) groups excluding carboxylic acids is 2. The van der Waals surface area contributed by atoms with Crippen LogP contribution in [0.3, 0.4) is 0 Å². The Morgan fingerprint density at radius 1 is 1.00 bits per heavy atom. The third-order valence-electron chi connectivity index (χ3n) is 4.78. The molecule has 7 heteroatoms. The fourth-order valence-corrected chi connectivity index (χ4v) is 5.04. The van der Waals surface area contributed by atoms with Crippen LogP contribution in [0.2, 0.25) is 10.0 Å². The van der Waals surface area contributed by atoms with Gasteiger partial charge in [0.1, 0.15) is 4.88 Å². The highest BCUT2D eigenvalue weighted by atomic mass is 35.5. The van der Waals surface area contributed by atoms with E-state index in [2.05, 4.69) is 0 Å². The van der Waals surface area contributed by atoms with Crippen LogP contribution in [0.1, 0.15) is 16.6 Å². The van der Waals surface area contributed by atoms with E-state index in [4.69, 9.17) is 27.9 Å². The number of nitrogens with zero attached hydrogens (tertiary/aromatic N) is 1. The Labute approximate surface area is 187 Å². The zero-order chi connectivity index (χ0) is 21.3. The number of hydrogen-bond donors (Lipinski definition) is 0. The molecule has 0 fully saturated rings. The second kappa shape index (κ2) is 8.64. The fraction of sp³-hybridized carbons (Fsp3) is 0.130. The molecule has 1 amide bonds. The topological polar surface area (TPSA) is 46.6 Å². The van der Waals surface area contributed by atoms with Crippen molar-refractivity contribution in [2.45, 2.75) is 6.92 Å². The molecule has 4 aromatic rings. The first-order valence-corrected chi connectivity index (χ1v) is 10.9. The normalized spacial score (nSPS) is 11.0. The van der Waals surface area contributed by atoms with Crippen LogP contribution >= 0.6 is 34.5 Å². The highest BCUT2D eigenvalue weighted by molar-refractivity contribution is 7.21. The van der Waals surface area contributed by atoms with Crippen molar-refractivity contribution >= 4 is 73.0 Å². The molecule has 0 aliphatic heterocycles. The molecule has 0 saturated carbocycles. The lowest BCUT2D eigenvalue weighted by molar-refractivity contribution is -0.121. The van der Waals surface area contributed by atoms with Gasteiger partial charge >= 0.3 is 5.97 Å². The Bertz CT molecular complexity index is 1260. The van der Waals surface area contributed by atoms with Gasteiger partial charge in [-0.2, -0.15) is 0 Å². The average molecular weight is 458 g/mol. The van der Waals surface area contributed by atoms with E-state index in [1.54, 1.807) is 23.1 Å². The van der Waals surface area contributed by atoms with Crippen molar-refractivity contribution in [1.29, 1.82) is 0 Å². The highest BCUT2D eigenvalue weighted by Gasteiger charge is 2.22. The van der Waals surface area contributed by atoms with Crippen LogP contribution in [-0.4, -0.2) is 25.0 Å². The van der Waals surface area contributed by atoms with E-state index in [0.29, 0.717) is 16.6 Å². The number of amides is 1. The lowest BCUT2D eigenvalue weighted by Crippen LogP contribution is -2.34. The zero-order valence-electron chi connectivity index (χ0n) is 16.0. The van der Waals surface area contributed by atoms with Gasteiger partial charge < -0.3 is 9.64 Å². The number of halogens is 2. The van der Waals surface area contributed by atoms with Crippen LogP contribution < -0.4 is 4.90 Å². The van der Waals surface area contributed by atoms with E-state index in [-0.39, 0.29) is 17.4 Å². The molecule has 0 aliphatic rings. The number of benzene rings is 3. The lowest BCUT2D eigenvalue weighted by atomic mass is 10.1. The highest BCUT2D eigenvalue weighted by Crippen LogP contribution is 2.37. The maximum absolute atomic E-state index is 12.9. The zero-order valence-corrected chi connectivity index (χ0v) is 18.4. The summed E-state index contributed by atoms with van der Waals surface area (Å²) in [4.78, 5) is 27.3. The van der Waals surface area contributed by atoms with Crippen molar-refractivity contribution in [2.75, 3.05) is 18.1 Å². The second-order valence-electron chi connectivity index (χ2n) is 6.60. The molecule has 30 heavy (non-hydrogen) atoms. The molecule has 0 N–H and O–H groups in total. The van der Waals surface area contributed by atoms with Gasteiger partial charge in [-0.25, -0.2) is 4.79 Å². The third-order valence-corrected chi connectivity index (χ3v) is 6.65. The maximum atomic E-state index is 12.9. The van der Waals surface area contributed by atoms with Gasteiger partial charge in [0, 0.05) is 27.0 Å². The maximum Gasteiger partial charge on any atom is 0.350 e. The number of likely N-dealkylation sites (N-methyl/N-ethyl adjacent to an activating group) is 1. The number of thiophene rings is 1. The standard InChI is InChI=1S/C23H17Cl2NO3S/c1-2-26(18-9-5-7-14-6-3-4-8-16(14)18)20(27)13-29-23(28)22-21(25)17-11-10-15(24)12-19(17)30-22/h3-12H,2,13H2,1H3. The first-order chi connectivity index (χ1) is 14.5. The van der Waals surface area contributed by atoms with Crippen LogP contribution in [-0.2, 0) is 9.53 Å². The molecule has 152 valence electrons. The molecule has 3 aromatic carbocycles. The van der Waals surface area contributed by atoms with Crippen LogP contribution in [0.25, 0.3) is 20.9 Å². The third kappa shape index (κ3) is 3.88. The van der Waals surface area contributed by atoms with Crippen LogP contribution in [0.15, 0.2) is 60.7 Å². The van der Waals surface area contributed by atoms with E-state index in [1.807, 2.05) is 49.4 Å². The minimum Gasteiger partial charge on any atom is -0.451 e. The first kappa shape index (κ1) is 20.7. The van der Waals surface area contributed by atoms with Gasteiger partial charge in [-0.05, 0) is 30.5 Å².